The Hall–Kier alpha value is -1.66. The zero-order valence-corrected chi connectivity index (χ0v) is 11.9. The van der Waals surface area contributed by atoms with Crippen LogP contribution in [0.1, 0.15) is 29.2 Å². The third-order valence-corrected chi connectivity index (χ3v) is 3.73. The number of methoxy groups -OCH3 is 2. The molecule has 102 valence electrons. The normalized spacial score (nSPS) is 12.2. The quantitative estimate of drug-likeness (QED) is 0.909. The second-order valence-electron chi connectivity index (χ2n) is 3.92. The van der Waals surface area contributed by atoms with Crippen LogP contribution in [0, 0.1) is 0 Å². The van der Waals surface area contributed by atoms with Crippen molar-refractivity contribution in [1.29, 1.82) is 0 Å². The van der Waals surface area contributed by atoms with Gasteiger partial charge in [0.2, 0.25) is 0 Å². The SMILES string of the molecule is CCc1nnsc1C(O)c1c(OC)cccc1OC. The molecule has 0 spiro atoms. The molecule has 2 rings (SSSR count). The van der Waals surface area contributed by atoms with Gasteiger partial charge in [0.15, 0.2) is 0 Å². The van der Waals surface area contributed by atoms with Gasteiger partial charge in [-0.3, -0.25) is 0 Å². The van der Waals surface area contributed by atoms with E-state index in [4.69, 9.17) is 9.47 Å². The minimum absolute atomic E-state index is 0.585. The van der Waals surface area contributed by atoms with E-state index in [1.165, 1.54) is 11.5 Å². The summed E-state index contributed by atoms with van der Waals surface area (Å²) < 4.78 is 14.5. The number of ether oxygens (including phenoxy) is 2. The van der Waals surface area contributed by atoms with E-state index >= 15 is 0 Å². The monoisotopic (exact) mass is 280 g/mol. The van der Waals surface area contributed by atoms with Crippen LogP contribution in [0.2, 0.25) is 0 Å². The molecule has 1 heterocycles. The van der Waals surface area contributed by atoms with Crippen LogP contribution in [0.5, 0.6) is 11.5 Å². The molecule has 2 aromatic rings. The minimum Gasteiger partial charge on any atom is -0.496 e. The van der Waals surface area contributed by atoms with Crippen molar-refractivity contribution < 1.29 is 14.6 Å². The van der Waals surface area contributed by atoms with Gasteiger partial charge in [-0.1, -0.05) is 17.5 Å². The number of aromatic nitrogens is 2. The van der Waals surface area contributed by atoms with E-state index in [1.807, 2.05) is 13.0 Å². The van der Waals surface area contributed by atoms with Crippen molar-refractivity contribution in [1.82, 2.24) is 9.59 Å². The van der Waals surface area contributed by atoms with Crippen LogP contribution in [0.25, 0.3) is 0 Å². The lowest BCUT2D eigenvalue weighted by Crippen LogP contribution is -2.05. The molecule has 0 bridgehead atoms. The molecule has 0 aliphatic heterocycles. The van der Waals surface area contributed by atoms with Gasteiger partial charge in [0.1, 0.15) is 17.6 Å². The fourth-order valence-corrected chi connectivity index (χ4v) is 2.68. The van der Waals surface area contributed by atoms with Crippen molar-refractivity contribution in [2.75, 3.05) is 14.2 Å². The zero-order valence-electron chi connectivity index (χ0n) is 11.1. The molecular weight excluding hydrogens is 264 g/mol. The van der Waals surface area contributed by atoms with Crippen LogP contribution in [-0.4, -0.2) is 28.9 Å². The van der Waals surface area contributed by atoms with E-state index in [9.17, 15) is 5.11 Å². The molecule has 1 aromatic carbocycles. The summed E-state index contributed by atoms with van der Waals surface area (Å²) in [6.45, 7) is 1.98. The summed E-state index contributed by atoms with van der Waals surface area (Å²) in [6.07, 6.45) is -0.124. The largest absolute Gasteiger partial charge is 0.496 e. The first kappa shape index (κ1) is 13.8. The Kier molecular flexibility index (Phi) is 4.34. The lowest BCUT2D eigenvalue weighted by atomic mass is 10.0. The zero-order chi connectivity index (χ0) is 13.8. The topological polar surface area (TPSA) is 64.5 Å². The Labute approximate surface area is 116 Å². The first-order valence-corrected chi connectivity index (χ1v) is 6.70. The molecule has 0 amide bonds. The number of benzene rings is 1. The molecule has 0 saturated heterocycles. The van der Waals surface area contributed by atoms with Crippen LogP contribution in [0.15, 0.2) is 18.2 Å². The van der Waals surface area contributed by atoms with Gasteiger partial charge in [-0.25, -0.2) is 0 Å². The number of rotatable bonds is 5. The second-order valence-corrected chi connectivity index (χ2v) is 4.70. The summed E-state index contributed by atoms with van der Waals surface area (Å²) >= 11 is 1.19. The number of hydrogen-bond donors (Lipinski definition) is 1. The van der Waals surface area contributed by atoms with E-state index < -0.39 is 6.10 Å². The molecule has 1 atom stereocenters. The van der Waals surface area contributed by atoms with Gasteiger partial charge in [-0.2, -0.15) is 0 Å². The number of aryl methyl sites for hydroxylation is 1. The molecule has 1 N–H and O–H groups in total. The highest BCUT2D eigenvalue weighted by atomic mass is 32.1. The highest BCUT2D eigenvalue weighted by molar-refractivity contribution is 7.05. The molecule has 0 saturated carbocycles. The highest BCUT2D eigenvalue weighted by Crippen LogP contribution is 2.39. The molecule has 1 aromatic heterocycles. The lowest BCUT2D eigenvalue weighted by Gasteiger charge is -2.17. The molecular formula is C13H16N2O3S. The summed E-state index contributed by atoms with van der Waals surface area (Å²) in [5, 5.41) is 14.6. The average molecular weight is 280 g/mol. The predicted octanol–water partition coefficient (Wildman–Crippen LogP) is 2.20. The van der Waals surface area contributed by atoms with Crippen LogP contribution in [0.4, 0.5) is 0 Å². The minimum atomic E-state index is -0.846. The van der Waals surface area contributed by atoms with E-state index in [2.05, 4.69) is 9.59 Å². The van der Waals surface area contributed by atoms with Crippen LogP contribution in [0.3, 0.4) is 0 Å². The number of aliphatic hydroxyl groups is 1. The molecule has 0 fully saturated rings. The molecule has 6 heteroatoms. The summed E-state index contributed by atoms with van der Waals surface area (Å²) in [5.74, 6) is 1.17. The Morgan fingerprint density at radius 3 is 2.42 bits per heavy atom. The van der Waals surface area contributed by atoms with Crippen LogP contribution >= 0.6 is 11.5 Å². The van der Waals surface area contributed by atoms with Crippen molar-refractivity contribution in [3.05, 3.63) is 34.3 Å². The third-order valence-electron chi connectivity index (χ3n) is 2.91. The fourth-order valence-electron chi connectivity index (χ4n) is 1.95. The van der Waals surface area contributed by atoms with E-state index in [0.29, 0.717) is 17.1 Å². The maximum absolute atomic E-state index is 10.6. The first-order valence-electron chi connectivity index (χ1n) is 5.93. The van der Waals surface area contributed by atoms with E-state index in [1.54, 1.807) is 26.4 Å². The maximum atomic E-state index is 10.6. The average Bonchev–Trinajstić information content (AvgIpc) is 2.93. The molecule has 0 aliphatic rings. The summed E-state index contributed by atoms with van der Waals surface area (Å²) in [7, 11) is 3.13. The third kappa shape index (κ3) is 2.54. The highest BCUT2D eigenvalue weighted by Gasteiger charge is 2.24. The molecule has 1 unspecified atom stereocenters. The summed E-state index contributed by atoms with van der Waals surface area (Å²) in [5.41, 5.74) is 1.40. The number of hydrogen-bond acceptors (Lipinski definition) is 6. The van der Waals surface area contributed by atoms with Gasteiger partial charge in [0, 0.05) is 0 Å². The van der Waals surface area contributed by atoms with Crippen LogP contribution < -0.4 is 9.47 Å². The van der Waals surface area contributed by atoms with Gasteiger partial charge >= 0.3 is 0 Å². The molecule has 0 aliphatic carbocycles. The van der Waals surface area contributed by atoms with Crippen molar-refractivity contribution in [2.24, 2.45) is 0 Å². The van der Waals surface area contributed by atoms with Crippen molar-refractivity contribution in [3.8, 4) is 11.5 Å². The van der Waals surface area contributed by atoms with Gasteiger partial charge in [0.25, 0.3) is 0 Å². The molecule has 19 heavy (non-hydrogen) atoms. The van der Waals surface area contributed by atoms with Gasteiger partial charge < -0.3 is 14.6 Å². The lowest BCUT2D eigenvalue weighted by molar-refractivity contribution is 0.211. The fraction of sp³-hybridized carbons (Fsp3) is 0.385. The molecule has 0 radical (unpaired) electrons. The standard InChI is InChI=1S/C13H16N2O3S/c1-4-8-13(19-15-14-8)12(16)11-9(17-2)6-5-7-10(11)18-3/h5-7,12,16H,4H2,1-3H3. The number of aliphatic hydroxyl groups excluding tert-OH is 1. The summed E-state index contributed by atoms with van der Waals surface area (Å²) in [6, 6.07) is 5.40. The van der Waals surface area contributed by atoms with Crippen molar-refractivity contribution in [2.45, 2.75) is 19.4 Å². The Morgan fingerprint density at radius 2 is 1.89 bits per heavy atom. The van der Waals surface area contributed by atoms with Gasteiger partial charge in [-0.15, -0.1) is 5.10 Å². The van der Waals surface area contributed by atoms with E-state index in [0.717, 1.165) is 17.0 Å². The van der Waals surface area contributed by atoms with Crippen molar-refractivity contribution >= 4 is 11.5 Å². The number of nitrogens with zero attached hydrogens (tertiary/aromatic N) is 2. The van der Waals surface area contributed by atoms with Gasteiger partial charge in [-0.05, 0) is 30.1 Å². The Balaban J connectivity index is 2.51. The Bertz CT molecular complexity index is 534. The van der Waals surface area contributed by atoms with Crippen LogP contribution in [-0.2, 0) is 6.42 Å². The Morgan fingerprint density at radius 1 is 1.26 bits per heavy atom. The van der Waals surface area contributed by atoms with E-state index in [-0.39, 0.29) is 0 Å². The first-order chi connectivity index (χ1) is 9.22. The molecule has 5 nitrogen and oxygen atoms in total. The summed E-state index contributed by atoms with van der Waals surface area (Å²) in [4.78, 5) is 0.727. The maximum Gasteiger partial charge on any atom is 0.128 e. The van der Waals surface area contributed by atoms with Crippen molar-refractivity contribution in [3.63, 3.8) is 0 Å². The van der Waals surface area contributed by atoms with Gasteiger partial charge in [0.05, 0.1) is 30.4 Å². The smallest absolute Gasteiger partial charge is 0.128 e. The second kappa shape index (κ2) is 5.99. The predicted molar refractivity (Wildman–Crippen MR) is 72.9 cm³/mol.